The summed E-state index contributed by atoms with van der Waals surface area (Å²) in [6.45, 7) is 0. The maximum Gasteiger partial charge on any atom is 0.285 e. The molecule has 0 aliphatic carbocycles. The summed E-state index contributed by atoms with van der Waals surface area (Å²) in [6, 6.07) is 11.3. The van der Waals surface area contributed by atoms with Crippen LogP contribution in [0.2, 0.25) is 0 Å². The van der Waals surface area contributed by atoms with Crippen LogP contribution in [-0.4, -0.2) is 9.13 Å². The summed E-state index contributed by atoms with van der Waals surface area (Å²) in [5.41, 5.74) is 0.0445. The van der Waals surface area contributed by atoms with Crippen molar-refractivity contribution in [2.75, 3.05) is 0 Å². The Kier molecular flexibility index (Phi) is 4.40. The number of rotatable bonds is 4. The van der Waals surface area contributed by atoms with E-state index in [1.807, 2.05) is 0 Å². The highest BCUT2D eigenvalue weighted by molar-refractivity contribution is 7.84. The number of benzene rings is 2. The van der Waals surface area contributed by atoms with E-state index in [1.165, 1.54) is 36.4 Å². The Labute approximate surface area is 122 Å². The fraction of sp³-hybridized carbons (Fsp3) is 0.0714. The Bertz CT molecular complexity index is 771. The van der Waals surface area contributed by atoms with Crippen LogP contribution in [0.5, 0.6) is 0 Å². The molecule has 1 unspecified atom stereocenters. The number of nitrogens with zero attached hydrogens (tertiary/aromatic N) is 2. The number of hydrogen-bond acceptors (Lipinski definition) is 4. The van der Waals surface area contributed by atoms with Gasteiger partial charge >= 0.3 is 0 Å². The van der Waals surface area contributed by atoms with Crippen LogP contribution in [0.4, 0.5) is 10.1 Å². The van der Waals surface area contributed by atoms with E-state index in [0.717, 1.165) is 6.07 Å². The van der Waals surface area contributed by atoms with Gasteiger partial charge in [-0.1, -0.05) is 18.2 Å². The minimum absolute atomic E-state index is 0.0475. The molecule has 5 nitrogen and oxygen atoms in total. The van der Waals surface area contributed by atoms with E-state index in [0.29, 0.717) is 0 Å². The van der Waals surface area contributed by atoms with Crippen molar-refractivity contribution in [3.05, 3.63) is 69.5 Å². The number of nitro groups is 1. The molecule has 21 heavy (non-hydrogen) atoms. The van der Waals surface area contributed by atoms with Gasteiger partial charge in [0.2, 0.25) is 0 Å². The number of halogens is 1. The van der Waals surface area contributed by atoms with Crippen LogP contribution in [0.25, 0.3) is 0 Å². The molecular weight excluding hydrogens is 295 g/mol. The second kappa shape index (κ2) is 6.24. The summed E-state index contributed by atoms with van der Waals surface area (Å²) in [7, 11) is -1.75. The highest BCUT2D eigenvalue weighted by atomic mass is 32.2. The first-order valence-corrected chi connectivity index (χ1v) is 7.15. The van der Waals surface area contributed by atoms with E-state index in [2.05, 4.69) is 0 Å². The van der Waals surface area contributed by atoms with Gasteiger partial charge in [0.15, 0.2) is 0 Å². The van der Waals surface area contributed by atoms with Gasteiger partial charge in [0.25, 0.3) is 5.69 Å². The zero-order valence-electron chi connectivity index (χ0n) is 10.7. The van der Waals surface area contributed by atoms with Gasteiger partial charge in [0.05, 0.1) is 33.1 Å². The third-order valence-electron chi connectivity index (χ3n) is 2.78. The summed E-state index contributed by atoms with van der Waals surface area (Å²) >= 11 is 0. The number of para-hydroxylation sites is 1. The van der Waals surface area contributed by atoms with Crippen LogP contribution in [0, 0.1) is 27.3 Å². The van der Waals surface area contributed by atoms with E-state index in [1.54, 1.807) is 6.07 Å². The average molecular weight is 304 g/mol. The van der Waals surface area contributed by atoms with Crippen molar-refractivity contribution >= 4 is 16.5 Å². The highest BCUT2D eigenvalue weighted by Gasteiger charge is 2.19. The normalized spacial score (nSPS) is 11.6. The van der Waals surface area contributed by atoms with Gasteiger partial charge in [0.1, 0.15) is 10.7 Å². The van der Waals surface area contributed by atoms with E-state index < -0.39 is 21.5 Å². The largest absolute Gasteiger partial charge is 0.285 e. The Balaban J connectivity index is 2.31. The molecule has 2 rings (SSSR count). The second-order valence-electron chi connectivity index (χ2n) is 4.13. The number of nitriles is 1. The van der Waals surface area contributed by atoms with E-state index in [4.69, 9.17) is 5.26 Å². The number of hydrogen-bond donors (Lipinski definition) is 0. The Morgan fingerprint density at radius 2 is 2.00 bits per heavy atom. The van der Waals surface area contributed by atoms with Gasteiger partial charge in [-0.05, 0) is 18.2 Å². The van der Waals surface area contributed by atoms with Crippen LogP contribution < -0.4 is 0 Å². The molecule has 0 fully saturated rings. The molecular formula is C14H9FN2O3S. The van der Waals surface area contributed by atoms with Gasteiger partial charge < -0.3 is 0 Å². The highest BCUT2D eigenvalue weighted by Crippen LogP contribution is 2.24. The molecule has 0 N–H and O–H groups in total. The Hall–Kier alpha value is -2.59. The van der Waals surface area contributed by atoms with Crippen LogP contribution in [0.15, 0.2) is 47.4 Å². The molecule has 106 valence electrons. The first-order chi connectivity index (χ1) is 10.0. The molecule has 1 atom stereocenters. The molecule has 0 bridgehead atoms. The van der Waals surface area contributed by atoms with Crippen molar-refractivity contribution in [3.8, 4) is 6.07 Å². The Morgan fingerprint density at radius 3 is 2.62 bits per heavy atom. The maximum absolute atomic E-state index is 13.8. The van der Waals surface area contributed by atoms with Crippen LogP contribution in [0.3, 0.4) is 0 Å². The van der Waals surface area contributed by atoms with Crippen molar-refractivity contribution in [3.63, 3.8) is 0 Å². The summed E-state index contributed by atoms with van der Waals surface area (Å²) < 4.78 is 26.0. The topological polar surface area (TPSA) is 84.0 Å². The standard InChI is InChI=1S/C14H9FN2O3S/c15-12-7-10(8-16)5-6-11(12)9-21(20)14-4-2-1-3-13(14)17(18)19/h1-7H,9H2. The van der Waals surface area contributed by atoms with Crippen LogP contribution >= 0.6 is 0 Å². The summed E-state index contributed by atoms with van der Waals surface area (Å²) in [4.78, 5) is 10.3. The minimum atomic E-state index is -1.75. The first kappa shape index (κ1) is 14.8. The predicted molar refractivity (Wildman–Crippen MR) is 74.3 cm³/mol. The molecule has 2 aromatic carbocycles. The van der Waals surface area contributed by atoms with Gasteiger partial charge in [-0.2, -0.15) is 5.26 Å². The quantitative estimate of drug-likeness (QED) is 0.642. The zero-order chi connectivity index (χ0) is 15.4. The minimum Gasteiger partial charge on any atom is -0.258 e. The number of nitro benzene ring substituents is 1. The van der Waals surface area contributed by atoms with Crippen molar-refractivity contribution in [1.29, 1.82) is 5.26 Å². The molecule has 0 saturated carbocycles. The van der Waals surface area contributed by atoms with Crippen molar-refractivity contribution in [2.45, 2.75) is 10.6 Å². The Morgan fingerprint density at radius 1 is 1.29 bits per heavy atom. The monoisotopic (exact) mass is 304 g/mol. The smallest absolute Gasteiger partial charge is 0.258 e. The lowest BCUT2D eigenvalue weighted by Gasteiger charge is -2.05. The van der Waals surface area contributed by atoms with Crippen molar-refractivity contribution in [2.24, 2.45) is 0 Å². The molecule has 2 aromatic rings. The lowest BCUT2D eigenvalue weighted by atomic mass is 10.1. The molecule has 0 amide bonds. The average Bonchev–Trinajstić information content (AvgIpc) is 2.49. The SMILES string of the molecule is N#Cc1ccc(CS(=O)c2ccccc2[N+](=O)[O-])c(F)c1. The maximum atomic E-state index is 13.8. The van der Waals surface area contributed by atoms with Gasteiger partial charge in [-0.3, -0.25) is 14.3 Å². The summed E-state index contributed by atoms with van der Waals surface area (Å²) in [5.74, 6) is -0.844. The van der Waals surface area contributed by atoms with Crippen molar-refractivity contribution in [1.82, 2.24) is 0 Å². The van der Waals surface area contributed by atoms with Crippen LogP contribution in [-0.2, 0) is 16.6 Å². The summed E-state index contributed by atoms with van der Waals surface area (Å²) in [5, 5.41) is 19.5. The third kappa shape index (κ3) is 3.30. The lowest BCUT2D eigenvalue weighted by Crippen LogP contribution is -2.02. The molecule has 0 spiro atoms. The van der Waals surface area contributed by atoms with E-state index in [-0.39, 0.29) is 27.5 Å². The van der Waals surface area contributed by atoms with E-state index in [9.17, 15) is 18.7 Å². The zero-order valence-corrected chi connectivity index (χ0v) is 11.5. The lowest BCUT2D eigenvalue weighted by molar-refractivity contribution is -0.387. The van der Waals surface area contributed by atoms with Gasteiger partial charge in [-0.15, -0.1) is 0 Å². The fourth-order valence-corrected chi connectivity index (χ4v) is 3.03. The molecule has 0 aliphatic heterocycles. The predicted octanol–water partition coefficient (Wildman–Crippen LogP) is 2.91. The molecule has 0 heterocycles. The summed E-state index contributed by atoms with van der Waals surface area (Å²) in [6.07, 6.45) is 0. The van der Waals surface area contributed by atoms with E-state index >= 15 is 0 Å². The molecule has 7 heteroatoms. The molecule has 0 aromatic heterocycles. The van der Waals surface area contributed by atoms with Gasteiger partial charge in [0, 0.05) is 11.6 Å². The molecule has 0 aliphatic rings. The molecule has 0 saturated heterocycles. The fourth-order valence-electron chi connectivity index (χ4n) is 1.75. The first-order valence-electron chi connectivity index (χ1n) is 5.83. The van der Waals surface area contributed by atoms with Crippen molar-refractivity contribution < 1.29 is 13.5 Å². The third-order valence-corrected chi connectivity index (χ3v) is 4.18. The molecule has 0 radical (unpaired) electrons. The van der Waals surface area contributed by atoms with Crippen LogP contribution in [0.1, 0.15) is 11.1 Å². The second-order valence-corrected chi connectivity index (χ2v) is 5.55. The van der Waals surface area contributed by atoms with Gasteiger partial charge in [-0.25, -0.2) is 4.39 Å².